The van der Waals surface area contributed by atoms with Crippen molar-refractivity contribution in [2.24, 2.45) is 0 Å². The van der Waals surface area contributed by atoms with Gasteiger partial charge in [-0.1, -0.05) is 12.1 Å². The maximum atomic E-state index is 10.3. The van der Waals surface area contributed by atoms with Gasteiger partial charge in [-0.25, -0.2) is 0 Å². The molecule has 0 amide bonds. The minimum atomic E-state index is -0.289. The highest BCUT2D eigenvalue weighted by Gasteiger charge is 2.15. The molecule has 0 atom stereocenters. The molecule has 0 fully saturated rings. The van der Waals surface area contributed by atoms with E-state index in [0.717, 1.165) is 11.3 Å². The molecule has 0 unspecified atom stereocenters. The molecular weight excluding hydrogens is 364 g/mol. The minimum absolute atomic E-state index is 0.00292. The molecule has 0 saturated heterocycles. The van der Waals surface area contributed by atoms with Crippen LogP contribution in [0.4, 0.5) is 5.69 Å². The van der Waals surface area contributed by atoms with Gasteiger partial charge in [-0.15, -0.1) is 0 Å². The highest BCUT2D eigenvalue weighted by atomic mass is 16.3. The molecular formula is C23H20N4O2. The first-order chi connectivity index (χ1) is 14.0. The molecule has 6 nitrogen and oxygen atoms in total. The van der Waals surface area contributed by atoms with E-state index in [9.17, 15) is 10.2 Å². The van der Waals surface area contributed by atoms with Gasteiger partial charge in [0.25, 0.3) is 0 Å². The highest BCUT2D eigenvalue weighted by molar-refractivity contribution is 5.52. The summed E-state index contributed by atoms with van der Waals surface area (Å²) < 4.78 is 0. The van der Waals surface area contributed by atoms with Crippen molar-refractivity contribution in [3.63, 3.8) is 0 Å². The van der Waals surface area contributed by atoms with Crippen LogP contribution in [0.25, 0.3) is 0 Å². The summed E-state index contributed by atoms with van der Waals surface area (Å²) >= 11 is 0. The largest absolute Gasteiger partial charge is 0.506 e. The number of pyridine rings is 1. The summed E-state index contributed by atoms with van der Waals surface area (Å²) in [5.41, 5.74) is 4.69. The van der Waals surface area contributed by atoms with E-state index >= 15 is 0 Å². The van der Waals surface area contributed by atoms with Gasteiger partial charge in [-0.05, 0) is 54.4 Å². The van der Waals surface area contributed by atoms with Crippen molar-refractivity contribution < 1.29 is 10.2 Å². The van der Waals surface area contributed by atoms with Crippen LogP contribution in [-0.4, -0.2) is 15.2 Å². The number of benzene rings is 2. The van der Waals surface area contributed by atoms with Crippen LogP contribution in [0.5, 0.6) is 5.75 Å². The Hall–Kier alpha value is -3.87. The molecule has 0 spiro atoms. The maximum absolute atomic E-state index is 10.3. The molecule has 1 aromatic heterocycles. The molecule has 0 aliphatic carbocycles. The van der Waals surface area contributed by atoms with Gasteiger partial charge in [-0.3, -0.25) is 4.98 Å². The van der Waals surface area contributed by atoms with Gasteiger partial charge >= 0.3 is 0 Å². The second-order valence-corrected chi connectivity index (χ2v) is 6.68. The number of aliphatic hydroxyl groups excluding tert-OH is 1. The lowest BCUT2D eigenvalue weighted by molar-refractivity contribution is 0.273. The number of hydrogen-bond acceptors (Lipinski definition) is 6. The monoisotopic (exact) mass is 384 g/mol. The fourth-order valence-electron chi connectivity index (χ4n) is 3.09. The van der Waals surface area contributed by atoms with E-state index < -0.39 is 0 Å². The van der Waals surface area contributed by atoms with E-state index in [1.54, 1.807) is 37.4 Å². The third kappa shape index (κ3) is 4.52. The molecule has 29 heavy (non-hydrogen) atoms. The van der Waals surface area contributed by atoms with Crippen molar-refractivity contribution in [2.75, 3.05) is 4.90 Å². The average Bonchev–Trinajstić information content (AvgIpc) is 2.76. The van der Waals surface area contributed by atoms with Crippen molar-refractivity contribution in [3.05, 3.63) is 88.2 Å². The lowest BCUT2D eigenvalue weighted by Gasteiger charge is -2.26. The van der Waals surface area contributed by atoms with Crippen molar-refractivity contribution in [1.82, 2.24) is 4.98 Å². The van der Waals surface area contributed by atoms with Gasteiger partial charge in [-0.2, -0.15) is 10.5 Å². The third-order valence-corrected chi connectivity index (χ3v) is 4.77. The van der Waals surface area contributed by atoms with Gasteiger partial charge in [0.1, 0.15) is 5.75 Å². The number of nitrogens with zero attached hydrogens (tertiary/aromatic N) is 4. The maximum Gasteiger partial charge on any atom is 0.142 e. The summed E-state index contributed by atoms with van der Waals surface area (Å²) in [4.78, 5) is 6.29. The highest BCUT2D eigenvalue weighted by Crippen LogP contribution is 2.27. The van der Waals surface area contributed by atoms with Gasteiger partial charge < -0.3 is 15.1 Å². The quantitative estimate of drug-likeness (QED) is 0.674. The van der Waals surface area contributed by atoms with Crippen LogP contribution >= 0.6 is 0 Å². The Kier molecular flexibility index (Phi) is 6.09. The van der Waals surface area contributed by atoms with E-state index in [2.05, 4.69) is 22.0 Å². The summed E-state index contributed by atoms with van der Waals surface area (Å²) in [6, 6.07) is 18.8. The van der Waals surface area contributed by atoms with Crippen molar-refractivity contribution in [2.45, 2.75) is 26.6 Å². The summed E-state index contributed by atoms with van der Waals surface area (Å²) in [5.74, 6) is 0.00292. The van der Waals surface area contributed by atoms with Crippen LogP contribution in [-0.2, 0) is 19.7 Å². The molecule has 0 aliphatic rings. The molecule has 2 N–H and O–H groups in total. The first-order valence-corrected chi connectivity index (χ1v) is 9.07. The molecule has 144 valence electrons. The summed E-state index contributed by atoms with van der Waals surface area (Å²) in [5, 5.41) is 38.1. The number of nitriles is 2. The first-order valence-electron chi connectivity index (χ1n) is 9.07. The van der Waals surface area contributed by atoms with E-state index in [1.165, 1.54) is 0 Å². The molecule has 3 rings (SSSR count). The molecule has 6 heteroatoms. The minimum Gasteiger partial charge on any atom is -0.506 e. The van der Waals surface area contributed by atoms with E-state index in [4.69, 9.17) is 10.5 Å². The Bertz CT molecular complexity index is 1080. The predicted octanol–water partition coefficient (Wildman–Crippen LogP) is 3.54. The summed E-state index contributed by atoms with van der Waals surface area (Å²) in [7, 11) is 0. The van der Waals surface area contributed by atoms with Crippen LogP contribution in [0.15, 0.2) is 54.7 Å². The standard InChI is InChI=1S/C23H20N4O2/c1-16-23(29)22(15-28)20(12-26-16)14-27(21-8-6-18(11-25)7-9-21)13-19-4-2-17(10-24)3-5-19/h2-9,12,28-29H,13-15H2,1H3. The number of aliphatic hydroxyl groups is 1. The average molecular weight is 384 g/mol. The Morgan fingerprint density at radius 2 is 1.52 bits per heavy atom. The van der Waals surface area contributed by atoms with Crippen LogP contribution < -0.4 is 4.90 Å². The van der Waals surface area contributed by atoms with Gasteiger partial charge in [0.05, 0.1) is 35.6 Å². The number of hydrogen-bond donors (Lipinski definition) is 2. The lowest BCUT2D eigenvalue weighted by atomic mass is 10.1. The number of aromatic hydroxyl groups is 1. The topological polar surface area (TPSA) is 104 Å². The molecule has 2 aromatic carbocycles. The second-order valence-electron chi connectivity index (χ2n) is 6.68. The summed E-state index contributed by atoms with van der Waals surface area (Å²) in [6.07, 6.45) is 1.66. The second kappa shape index (κ2) is 8.88. The van der Waals surface area contributed by atoms with Gasteiger partial charge in [0.2, 0.25) is 0 Å². The van der Waals surface area contributed by atoms with Crippen molar-refractivity contribution in [3.8, 4) is 17.9 Å². The molecule has 0 bridgehead atoms. The number of aromatic nitrogens is 1. The molecule has 0 radical (unpaired) electrons. The first kappa shape index (κ1) is 19.9. The Balaban J connectivity index is 1.97. The number of aryl methyl sites for hydroxylation is 1. The zero-order chi connectivity index (χ0) is 20.8. The Morgan fingerprint density at radius 3 is 2.07 bits per heavy atom. The van der Waals surface area contributed by atoms with Crippen LogP contribution in [0.1, 0.15) is 33.5 Å². The van der Waals surface area contributed by atoms with Crippen molar-refractivity contribution >= 4 is 5.69 Å². The predicted molar refractivity (Wildman–Crippen MR) is 109 cm³/mol. The normalized spacial score (nSPS) is 10.2. The van der Waals surface area contributed by atoms with Crippen molar-refractivity contribution in [1.29, 1.82) is 10.5 Å². The zero-order valence-electron chi connectivity index (χ0n) is 16.0. The zero-order valence-corrected chi connectivity index (χ0v) is 16.0. The summed E-state index contributed by atoms with van der Waals surface area (Å²) in [6.45, 7) is 2.34. The lowest BCUT2D eigenvalue weighted by Crippen LogP contribution is -2.23. The smallest absolute Gasteiger partial charge is 0.142 e. The van der Waals surface area contributed by atoms with Gasteiger partial charge in [0.15, 0.2) is 0 Å². The van der Waals surface area contributed by atoms with E-state index in [1.807, 2.05) is 24.3 Å². The fraction of sp³-hybridized carbons (Fsp3) is 0.174. The van der Waals surface area contributed by atoms with Crippen LogP contribution in [0, 0.1) is 29.6 Å². The Labute approximate surface area is 169 Å². The van der Waals surface area contributed by atoms with Crippen LogP contribution in [0.3, 0.4) is 0 Å². The number of anilines is 1. The fourth-order valence-corrected chi connectivity index (χ4v) is 3.09. The molecule has 0 aliphatic heterocycles. The third-order valence-electron chi connectivity index (χ3n) is 4.77. The van der Waals surface area contributed by atoms with Crippen LogP contribution in [0.2, 0.25) is 0 Å². The van der Waals surface area contributed by atoms with Gasteiger partial charge in [0, 0.05) is 30.5 Å². The molecule has 3 aromatic rings. The van der Waals surface area contributed by atoms with E-state index in [-0.39, 0.29) is 12.4 Å². The number of rotatable bonds is 6. The SMILES string of the molecule is Cc1ncc(CN(Cc2ccc(C#N)cc2)c2ccc(C#N)cc2)c(CO)c1O. The Morgan fingerprint density at radius 1 is 0.931 bits per heavy atom. The molecule has 1 heterocycles. The van der Waals surface area contributed by atoms with E-state index in [0.29, 0.717) is 41.0 Å². The molecule has 0 saturated carbocycles.